The van der Waals surface area contributed by atoms with E-state index in [9.17, 15) is 14.4 Å². The van der Waals surface area contributed by atoms with Gasteiger partial charge >= 0.3 is 6.09 Å². The number of nitrogens with zero attached hydrogens (tertiary/aromatic N) is 2. The highest BCUT2D eigenvalue weighted by Gasteiger charge is 2.39. The Kier molecular flexibility index (Phi) is 4.07. The Hall–Kier alpha value is -2.37. The summed E-state index contributed by atoms with van der Waals surface area (Å²) in [6, 6.07) is 5.63. The Balaban J connectivity index is 1.65. The van der Waals surface area contributed by atoms with E-state index in [1.165, 1.54) is 4.90 Å². The normalized spacial score (nSPS) is 19.2. The molecular weight excluding hydrogens is 296 g/mol. The molecule has 0 saturated carbocycles. The zero-order valence-corrected chi connectivity index (χ0v) is 13.4. The molecule has 3 amide bonds. The van der Waals surface area contributed by atoms with Gasteiger partial charge in [-0.05, 0) is 38.3 Å². The molecule has 2 saturated heterocycles. The lowest BCUT2D eigenvalue weighted by Gasteiger charge is -2.35. The quantitative estimate of drug-likeness (QED) is 0.835. The van der Waals surface area contributed by atoms with E-state index in [2.05, 4.69) is 0 Å². The Morgan fingerprint density at radius 3 is 2.43 bits per heavy atom. The van der Waals surface area contributed by atoms with Crippen molar-refractivity contribution in [3.8, 4) is 0 Å². The Labute approximate surface area is 135 Å². The standard InChI is InChI=1S/C17H20N2O4/c1-11-3-4-14(12(2)9-11)16(21)18-7-5-13(6-8-18)19-15(20)10-23-17(19)22/h3-4,9,13H,5-8,10H2,1-2H3. The number of piperidine rings is 1. The second-order valence-electron chi connectivity index (χ2n) is 6.16. The summed E-state index contributed by atoms with van der Waals surface area (Å²) in [4.78, 5) is 38.9. The average Bonchev–Trinajstić information content (AvgIpc) is 2.86. The topological polar surface area (TPSA) is 66.9 Å². The van der Waals surface area contributed by atoms with Crippen LogP contribution in [0, 0.1) is 13.8 Å². The summed E-state index contributed by atoms with van der Waals surface area (Å²) in [5.41, 5.74) is 2.81. The minimum absolute atomic E-state index is 0.0104. The van der Waals surface area contributed by atoms with E-state index in [1.54, 1.807) is 4.90 Å². The van der Waals surface area contributed by atoms with E-state index in [0.29, 0.717) is 31.5 Å². The Morgan fingerprint density at radius 1 is 1.17 bits per heavy atom. The number of likely N-dealkylation sites (tertiary alicyclic amines) is 1. The number of ether oxygens (including phenoxy) is 1. The maximum absolute atomic E-state index is 12.6. The fraction of sp³-hybridized carbons (Fsp3) is 0.471. The van der Waals surface area contributed by atoms with Crippen molar-refractivity contribution >= 4 is 17.9 Å². The number of amides is 3. The van der Waals surface area contributed by atoms with Crippen LogP contribution in [0.2, 0.25) is 0 Å². The van der Waals surface area contributed by atoms with Crippen molar-refractivity contribution in [3.63, 3.8) is 0 Å². The summed E-state index contributed by atoms with van der Waals surface area (Å²) in [5, 5.41) is 0. The van der Waals surface area contributed by atoms with E-state index >= 15 is 0 Å². The van der Waals surface area contributed by atoms with Crippen LogP contribution in [-0.4, -0.2) is 53.4 Å². The molecule has 0 unspecified atom stereocenters. The number of benzene rings is 1. The van der Waals surface area contributed by atoms with Crippen molar-refractivity contribution in [2.75, 3.05) is 19.7 Å². The zero-order valence-electron chi connectivity index (χ0n) is 13.4. The molecule has 6 nitrogen and oxygen atoms in total. The molecule has 3 rings (SSSR count). The second kappa shape index (κ2) is 6.02. The molecule has 0 bridgehead atoms. The smallest absolute Gasteiger partial charge is 0.417 e. The van der Waals surface area contributed by atoms with E-state index < -0.39 is 6.09 Å². The second-order valence-corrected chi connectivity index (χ2v) is 6.16. The first kappa shape index (κ1) is 15.5. The van der Waals surface area contributed by atoms with Crippen molar-refractivity contribution in [1.82, 2.24) is 9.80 Å². The minimum atomic E-state index is -0.561. The summed E-state index contributed by atoms with van der Waals surface area (Å²) in [6.07, 6.45) is 0.628. The third-order valence-electron chi connectivity index (χ3n) is 4.51. The summed E-state index contributed by atoms with van der Waals surface area (Å²) < 4.78 is 4.76. The third kappa shape index (κ3) is 2.93. The lowest BCUT2D eigenvalue weighted by Crippen LogP contribution is -2.48. The molecule has 0 radical (unpaired) electrons. The van der Waals surface area contributed by atoms with Crippen LogP contribution in [0.5, 0.6) is 0 Å². The highest BCUT2D eigenvalue weighted by molar-refractivity contribution is 5.98. The highest BCUT2D eigenvalue weighted by atomic mass is 16.6. The molecule has 2 heterocycles. The molecule has 2 aliphatic rings. The molecule has 2 fully saturated rings. The number of hydrogen-bond donors (Lipinski definition) is 0. The van der Waals surface area contributed by atoms with Crippen molar-refractivity contribution in [2.24, 2.45) is 0 Å². The molecule has 0 spiro atoms. The predicted octanol–water partition coefficient (Wildman–Crippen LogP) is 1.89. The van der Waals surface area contributed by atoms with Crippen molar-refractivity contribution < 1.29 is 19.1 Å². The van der Waals surface area contributed by atoms with E-state index in [4.69, 9.17) is 4.74 Å². The first-order valence-electron chi connectivity index (χ1n) is 7.82. The van der Waals surface area contributed by atoms with Crippen LogP contribution < -0.4 is 0 Å². The molecular formula is C17H20N2O4. The molecule has 0 aliphatic carbocycles. The van der Waals surface area contributed by atoms with Crippen molar-refractivity contribution in [2.45, 2.75) is 32.7 Å². The van der Waals surface area contributed by atoms with Gasteiger partial charge in [0.1, 0.15) is 0 Å². The van der Waals surface area contributed by atoms with Crippen LogP contribution in [0.1, 0.15) is 34.3 Å². The summed E-state index contributed by atoms with van der Waals surface area (Å²) >= 11 is 0. The lowest BCUT2D eigenvalue weighted by molar-refractivity contribution is -0.127. The number of rotatable bonds is 2. The predicted molar refractivity (Wildman–Crippen MR) is 83.0 cm³/mol. The van der Waals surface area contributed by atoms with Gasteiger partial charge in [-0.2, -0.15) is 0 Å². The van der Waals surface area contributed by atoms with Gasteiger partial charge in [0.2, 0.25) is 0 Å². The highest BCUT2D eigenvalue weighted by Crippen LogP contribution is 2.22. The number of hydrogen-bond acceptors (Lipinski definition) is 4. The molecule has 6 heteroatoms. The first-order chi connectivity index (χ1) is 11.0. The molecule has 122 valence electrons. The van der Waals surface area contributed by atoms with Gasteiger partial charge in [0.15, 0.2) is 6.61 Å². The van der Waals surface area contributed by atoms with Crippen LogP contribution >= 0.6 is 0 Å². The summed E-state index contributed by atoms with van der Waals surface area (Å²) in [7, 11) is 0. The maximum atomic E-state index is 12.6. The van der Waals surface area contributed by atoms with Gasteiger partial charge in [-0.15, -0.1) is 0 Å². The zero-order chi connectivity index (χ0) is 16.6. The molecule has 0 aromatic heterocycles. The molecule has 2 aliphatic heterocycles. The molecule has 0 atom stereocenters. The van der Waals surface area contributed by atoms with E-state index in [-0.39, 0.29) is 24.5 Å². The van der Waals surface area contributed by atoms with Crippen LogP contribution in [0.15, 0.2) is 18.2 Å². The van der Waals surface area contributed by atoms with E-state index in [1.807, 2.05) is 32.0 Å². The maximum Gasteiger partial charge on any atom is 0.417 e. The molecule has 0 N–H and O–H groups in total. The Morgan fingerprint density at radius 2 is 1.87 bits per heavy atom. The average molecular weight is 316 g/mol. The molecule has 23 heavy (non-hydrogen) atoms. The number of imide groups is 1. The van der Waals surface area contributed by atoms with Gasteiger partial charge in [-0.25, -0.2) is 9.69 Å². The summed E-state index contributed by atoms with van der Waals surface area (Å²) in [5.74, 6) is -0.273. The molecule has 1 aromatic rings. The minimum Gasteiger partial charge on any atom is -0.439 e. The van der Waals surface area contributed by atoms with Crippen molar-refractivity contribution in [3.05, 3.63) is 34.9 Å². The van der Waals surface area contributed by atoms with Gasteiger partial charge in [0.25, 0.3) is 11.8 Å². The fourth-order valence-corrected chi connectivity index (χ4v) is 3.27. The number of cyclic esters (lactones) is 1. The van der Waals surface area contributed by atoms with Crippen LogP contribution in [0.25, 0.3) is 0 Å². The van der Waals surface area contributed by atoms with Crippen LogP contribution in [0.3, 0.4) is 0 Å². The summed E-state index contributed by atoms with van der Waals surface area (Å²) in [6.45, 7) is 4.84. The van der Waals surface area contributed by atoms with Gasteiger partial charge in [-0.3, -0.25) is 9.59 Å². The first-order valence-corrected chi connectivity index (χ1v) is 7.82. The van der Waals surface area contributed by atoms with E-state index in [0.717, 1.165) is 11.1 Å². The largest absolute Gasteiger partial charge is 0.439 e. The number of carbonyl (C=O) groups is 3. The van der Waals surface area contributed by atoms with Crippen molar-refractivity contribution in [1.29, 1.82) is 0 Å². The van der Waals surface area contributed by atoms with Gasteiger partial charge in [0.05, 0.1) is 0 Å². The number of carbonyl (C=O) groups excluding carboxylic acids is 3. The monoisotopic (exact) mass is 316 g/mol. The van der Waals surface area contributed by atoms with Gasteiger partial charge < -0.3 is 9.64 Å². The fourth-order valence-electron chi connectivity index (χ4n) is 3.27. The van der Waals surface area contributed by atoms with Crippen LogP contribution in [-0.2, 0) is 9.53 Å². The lowest BCUT2D eigenvalue weighted by atomic mass is 10.0. The SMILES string of the molecule is Cc1ccc(C(=O)N2CCC(N3C(=O)COC3=O)CC2)c(C)c1. The molecule has 1 aromatic carbocycles. The Bertz CT molecular complexity index is 647. The number of aryl methyl sites for hydroxylation is 2. The third-order valence-corrected chi connectivity index (χ3v) is 4.51. The van der Waals surface area contributed by atoms with Crippen LogP contribution in [0.4, 0.5) is 4.79 Å². The van der Waals surface area contributed by atoms with Gasteiger partial charge in [-0.1, -0.05) is 17.7 Å². The van der Waals surface area contributed by atoms with Gasteiger partial charge in [0, 0.05) is 24.7 Å².